The second-order valence-corrected chi connectivity index (χ2v) is 23.7. The fourth-order valence-electron chi connectivity index (χ4n) is 9.48. The fraction of sp³-hybridized carbons (Fsp3) is 0.764. The van der Waals surface area contributed by atoms with Gasteiger partial charge in [0.05, 0.1) is 40.3 Å². The predicted octanol–water partition coefficient (Wildman–Crippen LogP) is 19.4. The largest absolute Gasteiger partial charge is 0.545 e. The lowest BCUT2D eigenvalue weighted by atomic mass is 10.0. The van der Waals surface area contributed by atoms with Gasteiger partial charge in [0, 0.05) is 12.8 Å². The molecule has 0 aromatic rings. The van der Waals surface area contributed by atoms with Gasteiger partial charge < -0.3 is 33.3 Å². The van der Waals surface area contributed by atoms with Gasteiger partial charge in [-0.25, -0.2) is 0 Å². The van der Waals surface area contributed by atoms with E-state index in [9.17, 15) is 19.5 Å². The minimum Gasteiger partial charge on any atom is -0.545 e. The number of hydrogen-bond donors (Lipinski definition) is 0. The molecule has 468 valence electrons. The van der Waals surface area contributed by atoms with Crippen LogP contribution in [-0.4, -0.2) is 82.3 Å². The van der Waals surface area contributed by atoms with Crippen LogP contribution in [0.2, 0.25) is 0 Å². The van der Waals surface area contributed by atoms with Gasteiger partial charge >= 0.3 is 11.9 Å². The van der Waals surface area contributed by atoms with Gasteiger partial charge in [0.25, 0.3) is 0 Å². The van der Waals surface area contributed by atoms with Crippen molar-refractivity contribution < 1.29 is 42.9 Å². The molecule has 0 rings (SSSR count). The van der Waals surface area contributed by atoms with Crippen LogP contribution >= 0.6 is 0 Å². The number of esters is 2. The average Bonchev–Trinajstić information content (AvgIpc) is 3.44. The molecule has 0 aliphatic carbocycles. The van der Waals surface area contributed by atoms with E-state index in [4.69, 9.17) is 18.9 Å². The maximum atomic E-state index is 12.9. The van der Waals surface area contributed by atoms with Crippen LogP contribution in [0.5, 0.6) is 0 Å². The van der Waals surface area contributed by atoms with Gasteiger partial charge in [-0.3, -0.25) is 9.59 Å². The summed E-state index contributed by atoms with van der Waals surface area (Å²) >= 11 is 0. The Hall–Kier alpha value is -3.53. The summed E-state index contributed by atoms with van der Waals surface area (Å²) in [7, 11) is 5.93. The molecule has 0 heterocycles. The second kappa shape index (κ2) is 62.5. The molecule has 81 heavy (non-hydrogen) atoms. The first-order chi connectivity index (χ1) is 39.6. The third-order valence-electron chi connectivity index (χ3n) is 14.6. The Labute approximate surface area is 500 Å². The third kappa shape index (κ3) is 63.9. The van der Waals surface area contributed by atoms with Crippen LogP contribution in [0.15, 0.2) is 85.1 Å². The zero-order chi connectivity index (χ0) is 59.1. The molecule has 0 aromatic carbocycles. The second-order valence-electron chi connectivity index (χ2n) is 23.7. The Morgan fingerprint density at radius 3 is 1.05 bits per heavy atom. The number of likely N-dealkylation sites (N-methyl/N-ethyl adjacent to an activating group) is 1. The van der Waals surface area contributed by atoms with Crippen molar-refractivity contribution in [1.29, 1.82) is 0 Å². The van der Waals surface area contributed by atoms with E-state index < -0.39 is 24.3 Å². The monoisotopic (exact) mass is 1130 g/mol. The van der Waals surface area contributed by atoms with Gasteiger partial charge in [-0.2, -0.15) is 0 Å². The normalized spacial score (nSPS) is 13.2. The first kappa shape index (κ1) is 77.5. The summed E-state index contributed by atoms with van der Waals surface area (Å²) in [6, 6.07) is 0. The molecule has 0 aromatic heterocycles. The minimum atomic E-state index is -1.62. The van der Waals surface area contributed by atoms with Crippen LogP contribution in [0, 0.1) is 0 Å². The third-order valence-corrected chi connectivity index (χ3v) is 14.6. The number of carboxylic acid groups (broad SMARTS) is 1. The predicted molar refractivity (Wildman–Crippen MR) is 343 cm³/mol. The van der Waals surface area contributed by atoms with Crippen LogP contribution in [0.1, 0.15) is 296 Å². The average molecular weight is 1130 g/mol. The van der Waals surface area contributed by atoms with Crippen LogP contribution in [0.3, 0.4) is 0 Å². The molecule has 0 bridgehead atoms. The molecule has 0 saturated heterocycles. The molecule has 0 aliphatic heterocycles. The molecule has 0 radical (unpaired) electrons. The first-order valence-electron chi connectivity index (χ1n) is 33.7. The minimum absolute atomic E-state index is 0.146. The SMILES string of the molecule is CC/C=C\C/C=C\C/C=C\C/C=C\C/C=C\CCCCCCCCCCCCCCCC(=O)OC(COC(=O)CCCCCCCCCCCCCCCCC/C=C\C/C=C\CCCCCCC)COC(OCC[N+](C)(C)C)C(=O)[O-]. The van der Waals surface area contributed by atoms with Gasteiger partial charge in [-0.05, 0) is 89.9 Å². The molecule has 2 atom stereocenters. The van der Waals surface area contributed by atoms with E-state index in [0.29, 0.717) is 23.9 Å². The van der Waals surface area contributed by atoms with Crippen LogP contribution < -0.4 is 5.11 Å². The van der Waals surface area contributed by atoms with E-state index in [0.717, 1.165) is 77.0 Å². The van der Waals surface area contributed by atoms with Crippen molar-refractivity contribution in [1.82, 2.24) is 0 Å². The number of quaternary nitrogens is 1. The van der Waals surface area contributed by atoms with Gasteiger partial charge in [0.2, 0.25) is 0 Å². The summed E-state index contributed by atoms with van der Waals surface area (Å²) < 4.78 is 22.8. The highest BCUT2D eigenvalue weighted by molar-refractivity contribution is 5.70. The maximum Gasteiger partial charge on any atom is 0.306 e. The highest BCUT2D eigenvalue weighted by Gasteiger charge is 2.22. The Kier molecular flexibility index (Phi) is 59.8. The topological polar surface area (TPSA) is 111 Å². The maximum absolute atomic E-state index is 12.9. The summed E-state index contributed by atoms with van der Waals surface area (Å²) in [6.45, 7) is 4.65. The van der Waals surface area contributed by atoms with Gasteiger partial charge in [-0.1, -0.05) is 279 Å². The van der Waals surface area contributed by atoms with Crippen molar-refractivity contribution in [3.63, 3.8) is 0 Å². The number of nitrogens with zero attached hydrogens (tertiary/aromatic N) is 1. The van der Waals surface area contributed by atoms with E-state index >= 15 is 0 Å². The Morgan fingerprint density at radius 2 is 0.704 bits per heavy atom. The lowest BCUT2D eigenvalue weighted by Gasteiger charge is -2.26. The lowest BCUT2D eigenvalue weighted by Crippen LogP contribution is -2.44. The molecule has 0 saturated carbocycles. The molecule has 9 nitrogen and oxygen atoms in total. The Morgan fingerprint density at radius 1 is 0.383 bits per heavy atom. The van der Waals surface area contributed by atoms with Crippen LogP contribution in [0.25, 0.3) is 0 Å². The molecule has 9 heteroatoms. The van der Waals surface area contributed by atoms with Gasteiger partial charge in [0.15, 0.2) is 12.4 Å². The van der Waals surface area contributed by atoms with E-state index in [2.05, 4.69) is 98.9 Å². The molecule has 0 aliphatic rings. The van der Waals surface area contributed by atoms with Crippen molar-refractivity contribution in [2.24, 2.45) is 0 Å². The number of unbranched alkanes of at least 4 members (excludes halogenated alkanes) is 33. The molecule has 0 amide bonds. The summed E-state index contributed by atoms with van der Waals surface area (Å²) in [5, 5.41) is 11.8. The van der Waals surface area contributed by atoms with Crippen molar-refractivity contribution in [2.75, 3.05) is 47.5 Å². The first-order valence-corrected chi connectivity index (χ1v) is 33.7. The standard InChI is InChI=1S/C72H127NO8/c1-6-8-10-12-14-16-18-20-22-24-26-28-30-32-34-35-37-39-41-43-45-47-49-51-53-55-57-59-61-63-70(75)81-68(67-80-72(71(76)77)78-65-64-73(3,4)5)66-79-69(74)62-60-58-56-54-52-50-48-46-44-42-40-38-36-33-31-29-27-25-23-21-19-17-15-13-11-9-7-2/h8,10,14,16,19-22,25-28,32,34,68,72H,6-7,9,11-13,15,17-18,23-24,29-31,33,35-67H2,1-5H3/b10-8-,16-14-,21-19-,22-20-,27-25-,28-26-,34-32-. The highest BCUT2D eigenvalue weighted by atomic mass is 16.7. The smallest absolute Gasteiger partial charge is 0.306 e. The van der Waals surface area contributed by atoms with Crippen molar-refractivity contribution in [3.05, 3.63) is 85.1 Å². The van der Waals surface area contributed by atoms with Crippen LogP contribution in [-0.2, 0) is 33.3 Å². The lowest BCUT2D eigenvalue weighted by molar-refractivity contribution is -0.870. The Bertz CT molecular complexity index is 1600. The summed E-state index contributed by atoms with van der Waals surface area (Å²) in [5.74, 6) is -2.27. The number of rotatable bonds is 62. The highest BCUT2D eigenvalue weighted by Crippen LogP contribution is 2.17. The van der Waals surface area contributed by atoms with Crippen molar-refractivity contribution >= 4 is 17.9 Å². The number of aliphatic carboxylic acids is 1. The van der Waals surface area contributed by atoms with Gasteiger partial charge in [0.1, 0.15) is 13.2 Å². The quantitative estimate of drug-likeness (QED) is 0.0195. The molecule has 2 unspecified atom stereocenters. The van der Waals surface area contributed by atoms with E-state index in [1.165, 1.54) is 186 Å². The number of carboxylic acids is 1. The molecular formula is C72H127NO8. The van der Waals surface area contributed by atoms with Gasteiger partial charge in [-0.15, -0.1) is 0 Å². The number of allylic oxidation sites excluding steroid dienone is 14. The molecule has 0 N–H and O–H groups in total. The Balaban J connectivity index is 4.14. The zero-order valence-electron chi connectivity index (χ0n) is 53.4. The van der Waals surface area contributed by atoms with E-state index in [-0.39, 0.29) is 32.2 Å². The van der Waals surface area contributed by atoms with Crippen molar-refractivity contribution in [3.8, 4) is 0 Å². The summed E-state index contributed by atoms with van der Waals surface area (Å²) in [6.07, 6.45) is 80.8. The fourth-order valence-corrected chi connectivity index (χ4v) is 9.48. The summed E-state index contributed by atoms with van der Waals surface area (Å²) in [4.78, 5) is 37.5. The number of carbonyl (C=O) groups is 3. The van der Waals surface area contributed by atoms with E-state index in [1.807, 2.05) is 21.1 Å². The van der Waals surface area contributed by atoms with Crippen LogP contribution in [0.4, 0.5) is 0 Å². The number of carbonyl (C=O) groups excluding carboxylic acids is 3. The molecular weight excluding hydrogens is 1010 g/mol. The van der Waals surface area contributed by atoms with E-state index in [1.54, 1.807) is 0 Å². The summed E-state index contributed by atoms with van der Waals surface area (Å²) in [5.41, 5.74) is 0. The molecule has 0 fully saturated rings. The number of hydrogen-bond acceptors (Lipinski definition) is 8. The zero-order valence-corrected chi connectivity index (χ0v) is 53.4. The number of ether oxygens (including phenoxy) is 4. The molecule has 0 spiro atoms. The van der Waals surface area contributed by atoms with Crippen molar-refractivity contribution in [2.45, 2.75) is 309 Å².